The van der Waals surface area contributed by atoms with Crippen LogP contribution in [0, 0.1) is 0 Å². The van der Waals surface area contributed by atoms with Crippen LogP contribution in [-0.2, 0) is 0 Å². The summed E-state index contributed by atoms with van der Waals surface area (Å²) in [5.74, 6) is -0.990. The van der Waals surface area contributed by atoms with Gasteiger partial charge in [0.15, 0.2) is 0 Å². The number of amides is 3. The third kappa shape index (κ3) is 6.38. The van der Waals surface area contributed by atoms with Crippen molar-refractivity contribution >= 4 is 17.7 Å². The van der Waals surface area contributed by atoms with Crippen molar-refractivity contribution in [3.8, 4) is 0 Å². The Balaban J connectivity index is 3.32. The second kappa shape index (κ2) is 11.4. The molecule has 1 aromatic carbocycles. The van der Waals surface area contributed by atoms with E-state index in [4.69, 9.17) is 5.73 Å². The molecule has 1 rings (SSSR count). The van der Waals surface area contributed by atoms with Crippen LogP contribution in [0.4, 0.5) is 0 Å². The summed E-state index contributed by atoms with van der Waals surface area (Å²) in [5.41, 5.74) is 6.31. The molecule has 6 heteroatoms. The molecule has 0 atom stereocenters. The van der Waals surface area contributed by atoms with E-state index in [-0.39, 0.29) is 17.4 Å². The van der Waals surface area contributed by atoms with Crippen molar-refractivity contribution in [2.75, 3.05) is 26.2 Å². The Bertz CT molecular complexity index is 600. The third-order valence-corrected chi connectivity index (χ3v) is 4.26. The molecule has 3 amide bonds. The van der Waals surface area contributed by atoms with Crippen molar-refractivity contribution in [1.29, 1.82) is 0 Å². The standard InChI is InChI=1S/C21H33N3O3/c1-5-9-23(10-6-2)20(26)17-13-16(19(22)25)14-18(15-17)21(27)24(11-7-3)12-8-4/h13-15H,5-12H2,1-4H3,(H2,22,25). The van der Waals surface area contributed by atoms with Gasteiger partial charge >= 0.3 is 0 Å². The van der Waals surface area contributed by atoms with E-state index in [1.807, 2.05) is 27.7 Å². The fraction of sp³-hybridized carbons (Fsp3) is 0.571. The molecule has 0 heterocycles. The number of hydrogen-bond acceptors (Lipinski definition) is 3. The van der Waals surface area contributed by atoms with Gasteiger partial charge in [0.25, 0.3) is 11.8 Å². The van der Waals surface area contributed by atoms with E-state index < -0.39 is 5.91 Å². The summed E-state index contributed by atoms with van der Waals surface area (Å²) in [6, 6.07) is 4.57. The zero-order valence-corrected chi connectivity index (χ0v) is 17.1. The van der Waals surface area contributed by atoms with Crippen molar-refractivity contribution in [3.05, 3.63) is 34.9 Å². The quantitative estimate of drug-likeness (QED) is 0.644. The Hall–Kier alpha value is -2.37. The largest absolute Gasteiger partial charge is 0.366 e. The summed E-state index contributed by atoms with van der Waals surface area (Å²) in [7, 11) is 0. The summed E-state index contributed by atoms with van der Waals surface area (Å²) in [6.07, 6.45) is 3.36. The molecule has 0 saturated carbocycles. The maximum atomic E-state index is 12.9. The molecule has 0 saturated heterocycles. The third-order valence-electron chi connectivity index (χ3n) is 4.26. The Kier molecular flexibility index (Phi) is 9.54. The molecular formula is C21H33N3O3. The lowest BCUT2D eigenvalue weighted by molar-refractivity contribution is 0.0754. The first-order valence-corrected chi connectivity index (χ1v) is 9.92. The minimum absolute atomic E-state index is 0.173. The summed E-state index contributed by atoms with van der Waals surface area (Å²) in [4.78, 5) is 41.2. The fourth-order valence-corrected chi connectivity index (χ4v) is 3.09. The highest BCUT2D eigenvalue weighted by atomic mass is 16.2. The smallest absolute Gasteiger partial charge is 0.253 e. The van der Waals surface area contributed by atoms with Gasteiger partial charge in [-0.3, -0.25) is 14.4 Å². The Morgan fingerprint density at radius 2 is 0.963 bits per heavy atom. The van der Waals surface area contributed by atoms with Gasteiger partial charge in [-0.2, -0.15) is 0 Å². The molecule has 1 aromatic rings. The van der Waals surface area contributed by atoms with Gasteiger partial charge in [-0.25, -0.2) is 0 Å². The van der Waals surface area contributed by atoms with Crippen molar-refractivity contribution in [2.24, 2.45) is 5.73 Å². The van der Waals surface area contributed by atoms with Gasteiger partial charge in [-0.1, -0.05) is 27.7 Å². The number of hydrogen-bond donors (Lipinski definition) is 1. The van der Waals surface area contributed by atoms with Crippen molar-refractivity contribution in [1.82, 2.24) is 9.80 Å². The van der Waals surface area contributed by atoms with Gasteiger partial charge in [-0.15, -0.1) is 0 Å². The number of carbonyl (C=O) groups is 3. The number of primary amides is 1. The van der Waals surface area contributed by atoms with Crippen LogP contribution >= 0.6 is 0 Å². The number of nitrogens with zero attached hydrogens (tertiary/aromatic N) is 2. The highest BCUT2D eigenvalue weighted by Crippen LogP contribution is 2.16. The Morgan fingerprint density at radius 3 is 1.22 bits per heavy atom. The number of benzene rings is 1. The predicted molar refractivity (Wildman–Crippen MR) is 108 cm³/mol. The molecule has 0 aliphatic heterocycles. The molecule has 27 heavy (non-hydrogen) atoms. The van der Waals surface area contributed by atoms with E-state index >= 15 is 0 Å². The summed E-state index contributed by atoms with van der Waals surface area (Å²) in [5, 5.41) is 0. The molecule has 0 fully saturated rings. The van der Waals surface area contributed by atoms with Crippen LogP contribution in [0.5, 0.6) is 0 Å². The van der Waals surface area contributed by atoms with E-state index in [1.165, 1.54) is 12.1 Å². The fourth-order valence-electron chi connectivity index (χ4n) is 3.09. The van der Waals surface area contributed by atoms with Crippen molar-refractivity contribution < 1.29 is 14.4 Å². The van der Waals surface area contributed by atoms with Crippen LogP contribution in [0.2, 0.25) is 0 Å². The van der Waals surface area contributed by atoms with E-state index in [0.717, 1.165) is 25.7 Å². The molecule has 0 aliphatic rings. The van der Waals surface area contributed by atoms with Crippen LogP contribution in [0.3, 0.4) is 0 Å². The average molecular weight is 376 g/mol. The molecule has 2 N–H and O–H groups in total. The van der Waals surface area contributed by atoms with Crippen LogP contribution in [0.25, 0.3) is 0 Å². The predicted octanol–water partition coefficient (Wildman–Crippen LogP) is 3.31. The molecule has 150 valence electrons. The minimum atomic E-state index is -0.645. The second-order valence-corrected chi connectivity index (χ2v) is 6.75. The summed E-state index contributed by atoms with van der Waals surface area (Å²) < 4.78 is 0. The maximum absolute atomic E-state index is 12.9. The zero-order chi connectivity index (χ0) is 20.4. The van der Waals surface area contributed by atoms with E-state index in [2.05, 4.69) is 0 Å². The second-order valence-electron chi connectivity index (χ2n) is 6.75. The first-order valence-electron chi connectivity index (χ1n) is 9.92. The lowest BCUT2D eigenvalue weighted by atomic mass is 10.0. The lowest BCUT2D eigenvalue weighted by Crippen LogP contribution is -2.34. The van der Waals surface area contributed by atoms with Gasteiger partial charge < -0.3 is 15.5 Å². The average Bonchev–Trinajstić information content (AvgIpc) is 2.66. The number of carbonyl (C=O) groups excluding carboxylic acids is 3. The van der Waals surface area contributed by atoms with Gasteiger partial charge in [0.2, 0.25) is 5.91 Å². The van der Waals surface area contributed by atoms with Gasteiger partial charge in [0, 0.05) is 42.9 Å². The van der Waals surface area contributed by atoms with Crippen LogP contribution in [0.15, 0.2) is 18.2 Å². The van der Waals surface area contributed by atoms with Crippen molar-refractivity contribution in [3.63, 3.8) is 0 Å². The molecule has 0 spiro atoms. The van der Waals surface area contributed by atoms with E-state index in [0.29, 0.717) is 37.3 Å². The molecule has 0 unspecified atom stereocenters. The monoisotopic (exact) mass is 375 g/mol. The van der Waals surface area contributed by atoms with Gasteiger partial charge in [-0.05, 0) is 43.9 Å². The number of nitrogens with two attached hydrogens (primary N) is 1. The van der Waals surface area contributed by atoms with Gasteiger partial charge in [0.05, 0.1) is 0 Å². The first-order chi connectivity index (χ1) is 12.9. The lowest BCUT2D eigenvalue weighted by Gasteiger charge is -2.24. The number of rotatable bonds is 11. The normalized spacial score (nSPS) is 10.5. The van der Waals surface area contributed by atoms with Crippen molar-refractivity contribution in [2.45, 2.75) is 53.4 Å². The topological polar surface area (TPSA) is 83.7 Å². The maximum Gasteiger partial charge on any atom is 0.253 e. The molecule has 0 bridgehead atoms. The zero-order valence-electron chi connectivity index (χ0n) is 17.1. The van der Waals surface area contributed by atoms with Crippen LogP contribution < -0.4 is 5.73 Å². The highest BCUT2D eigenvalue weighted by molar-refractivity contribution is 6.04. The van der Waals surface area contributed by atoms with Crippen LogP contribution in [-0.4, -0.2) is 53.7 Å². The molecular weight excluding hydrogens is 342 g/mol. The van der Waals surface area contributed by atoms with Gasteiger partial charge in [0.1, 0.15) is 0 Å². The Morgan fingerprint density at radius 1 is 0.667 bits per heavy atom. The van der Waals surface area contributed by atoms with E-state index in [9.17, 15) is 14.4 Å². The first kappa shape index (κ1) is 22.7. The minimum Gasteiger partial charge on any atom is -0.366 e. The molecule has 0 aliphatic carbocycles. The Labute approximate surface area is 162 Å². The SMILES string of the molecule is CCCN(CCC)C(=O)c1cc(C(N)=O)cc(C(=O)N(CCC)CCC)c1. The molecule has 0 aromatic heterocycles. The summed E-state index contributed by atoms with van der Waals surface area (Å²) in [6.45, 7) is 10.6. The van der Waals surface area contributed by atoms with Crippen LogP contribution in [0.1, 0.15) is 84.5 Å². The molecule has 6 nitrogen and oxygen atoms in total. The molecule has 0 radical (unpaired) electrons. The van der Waals surface area contributed by atoms with E-state index in [1.54, 1.807) is 15.9 Å². The summed E-state index contributed by atoms with van der Waals surface area (Å²) >= 11 is 0. The highest BCUT2D eigenvalue weighted by Gasteiger charge is 2.21.